The number of methoxy groups -OCH3 is 2. The summed E-state index contributed by atoms with van der Waals surface area (Å²) in [5.74, 6) is -5.54. The highest BCUT2D eigenvalue weighted by molar-refractivity contribution is 7.80. The molecule has 0 saturated carbocycles. The molecular formula is C78H98N10O29S. The Morgan fingerprint density at radius 1 is 0.500 bits per heavy atom. The summed E-state index contributed by atoms with van der Waals surface area (Å²) in [4.78, 5) is 70.6. The summed E-state index contributed by atoms with van der Waals surface area (Å²) in [5, 5.41) is 38.9. The number of esters is 3. The first-order valence-corrected chi connectivity index (χ1v) is 39.6. The van der Waals surface area contributed by atoms with Gasteiger partial charge in [-0.05, 0) is 89.0 Å². The number of nitrogens with zero attached hydrogens (tertiary/aromatic N) is 10. The van der Waals surface area contributed by atoms with E-state index in [9.17, 15) is 59.1 Å². The van der Waals surface area contributed by atoms with Gasteiger partial charge in [-0.25, -0.2) is 23.8 Å². The van der Waals surface area contributed by atoms with Gasteiger partial charge in [0.15, 0.2) is 43.7 Å². The number of rotatable bonds is 40. The van der Waals surface area contributed by atoms with Gasteiger partial charge in [0.05, 0.1) is 69.0 Å². The maximum absolute atomic E-state index is 14.4. The number of hydrogen-bond acceptors (Lipinski definition) is 31. The van der Waals surface area contributed by atoms with E-state index in [0.717, 1.165) is 25.2 Å². The van der Waals surface area contributed by atoms with Crippen molar-refractivity contribution in [3.8, 4) is 0 Å². The number of aliphatic hydroxyl groups is 1. The lowest BCUT2D eigenvalue weighted by atomic mass is 9.87. The molecule has 1 amide bonds. The van der Waals surface area contributed by atoms with Crippen LogP contribution in [0.2, 0.25) is 0 Å². The Balaban J connectivity index is 0.897. The Bertz CT molecular complexity index is 4230. The monoisotopic (exact) mass is 1670 g/mol. The van der Waals surface area contributed by atoms with E-state index in [-0.39, 0.29) is 45.1 Å². The first kappa shape index (κ1) is 91.2. The van der Waals surface area contributed by atoms with Crippen LogP contribution in [0.15, 0.2) is 167 Å². The zero-order valence-electron chi connectivity index (χ0n) is 65.7. The van der Waals surface area contributed by atoms with E-state index >= 15 is 0 Å². The lowest BCUT2D eigenvalue weighted by Gasteiger charge is -2.51. The van der Waals surface area contributed by atoms with E-state index in [0.29, 0.717) is 30.4 Å². The van der Waals surface area contributed by atoms with E-state index in [1.165, 1.54) is 7.11 Å². The van der Waals surface area contributed by atoms with Gasteiger partial charge in [-0.2, -0.15) is 13.3 Å². The van der Waals surface area contributed by atoms with Crippen LogP contribution in [0.25, 0.3) is 31.3 Å². The lowest BCUT2D eigenvalue weighted by Crippen LogP contribution is -2.66. The zero-order chi connectivity index (χ0) is 84.3. The Hall–Kier alpha value is -9.10. The molecule has 0 spiro atoms. The Kier molecular flexibility index (Phi) is 35.1. The molecule has 118 heavy (non-hydrogen) atoms. The molecule has 25 atom stereocenters. The SMILES string of the molecule is COC(=O)C1O[C@@H](O[C@@H]2C(COC(C)=O)O[C@H](O[C@H]3C(C)O[C@@H](O[C@@H]4C(COC(=O)c5ccccc5)O[C@H](OC)C(N=[N+]=[N-])[C@H]4C)C(OOO)[C@@H]3OCc3ccccc3)C(N=[N+]=[N-])[C@H]2C)C(OCc2ccccc2)[C@@H](C)[C@@H]1O[C@H]1OC(COS(=O)(=O)O)[C@@H](OCCCCCN(Cc2ccccc2)C(=O)OCc2ccccc2)[C@H](O)C1N=[N+]=[N-]. The van der Waals surface area contributed by atoms with Crippen LogP contribution in [0.4, 0.5) is 4.79 Å². The van der Waals surface area contributed by atoms with Crippen LogP contribution in [0.5, 0.6) is 0 Å². The van der Waals surface area contributed by atoms with Gasteiger partial charge in [0.2, 0.25) is 0 Å². The summed E-state index contributed by atoms with van der Waals surface area (Å²) >= 11 is 0. The summed E-state index contributed by atoms with van der Waals surface area (Å²) in [7, 11) is -2.81. The Morgan fingerprint density at radius 2 is 0.983 bits per heavy atom. The van der Waals surface area contributed by atoms with Crippen molar-refractivity contribution >= 4 is 34.4 Å². The summed E-state index contributed by atoms with van der Waals surface area (Å²) < 4.78 is 147. The second-order valence-corrected chi connectivity index (χ2v) is 29.7. The molecule has 5 heterocycles. The average molecular weight is 1670 g/mol. The van der Waals surface area contributed by atoms with Crippen LogP contribution < -0.4 is 0 Å². The number of unbranched alkanes of at least 4 members (excludes halogenated alkanes) is 2. The molecule has 40 heteroatoms. The lowest BCUT2D eigenvalue weighted by molar-refractivity contribution is -0.535. The summed E-state index contributed by atoms with van der Waals surface area (Å²) in [6.07, 6.45) is -27.9. The van der Waals surface area contributed by atoms with E-state index in [1.54, 1.807) is 124 Å². The van der Waals surface area contributed by atoms with Crippen LogP contribution in [0.1, 0.15) is 86.5 Å². The van der Waals surface area contributed by atoms with Crippen LogP contribution in [-0.2, 0) is 141 Å². The number of amides is 1. The van der Waals surface area contributed by atoms with Gasteiger partial charge in [-0.3, -0.25) is 9.35 Å². The predicted octanol–water partition coefficient (Wildman–Crippen LogP) is 9.89. The summed E-state index contributed by atoms with van der Waals surface area (Å²) in [6.45, 7) is 5.73. The molecule has 640 valence electrons. The van der Waals surface area contributed by atoms with E-state index in [2.05, 4.69) is 35.1 Å². The number of aliphatic hydroxyl groups excluding tert-OH is 1. The highest BCUT2D eigenvalue weighted by Crippen LogP contribution is 2.43. The van der Waals surface area contributed by atoms with E-state index in [1.807, 2.05) is 60.7 Å². The maximum Gasteiger partial charge on any atom is 0.410 e. The minimum atomic E-state index is -5.20. The van der Waals surface area contributed by atoms with Gasteiger partial charge in [0.1, 0.15) is 74.7 Å². The summed E-state index contributed by atoms with van der Waals surface area (Å²) in [5.41, 5.74) is 33.5. The molecule has 10 unspecified atom stereocenters. The van der Waals surface area contributed by atoms with Crippen molar-refractivity contribution in [2.75, 3.05) is 47.2 Å². The third-order valence-electron chi connectivity index (χ3n) is 20.7. The molecular weight excluding hydrogens is 1570 g/mol. The molecule has 5 fully saturated rings. The fourth-order valence-electron chi connectivity index (χ4n) is 14.6. The van der Waals surface area contributed by atoms with Crippen molar-refractivity contribution in [1.82, 2.24) is 4.90 Å². The number of carbonyl (C=O) groups excluding carboxylic acids is 4. The summed E-state index contributed by atoms with van der Waals surface area (Å²) in [6, 6.07) is 40.2. The first-order chi connectivity index (χ1) is 57.0. The quantitative estimate of drug-likeness (QED) is 0.00378. The van der Waals surface area contributed by atoms with Crippen molar-refractivity contribution in [2.24, 2.45) is 33.1 Å². The second kappa shape index (κ2) is 45.3. The molecule has 3 N–H and O–H groups in total. The number of carbonyl (C=O) groups is 4. The van der Waals surface area contributed by atoms with Gasteiger partial charge in [0.25, 0.3) is 0 Å². The van der Waals surface area contributed by atoms with Crippen molar-refractivity contribution in [3.63, 3.8) is 0 Å². The normalized spacial score (nSPS) is 30.8. The topological polar surface area (TPSA) is 497 Å². The number of hydrogen-bond donors (Lipinski definition) is 3. The first-order valence-electron chi connectivity index (χ1n) is 38.2. The van der Waals surface area contributed by atoms with Gasteiger partial charge < -0.3 is 90.5 Å². The standard InChI is InChI=1S/C78H98N10O29S/c1-45-58(82-85-79)73(99-7)108-56(43-104-71(91)54-34-22-12-23-35-54)62(45)112-77-70(116-117-94)68(103-40-52-30-18-10-19-31-52)66(48(4)107-77)114-74-59(83-86-80)46(2)63(55(109-74)42-101-49(5)89)111-76-65(102-39-51-28-16-9-17-29-51)47(3)64(69(115-76)72(92)98-6)113-75-60(84-87-81)61(90)67(57(110-75)44-106-118(95,96)97)100-37-25-13-24-36-88(38-50-26-14-8-15-27-50)78(93)105-41-53-32-20-11-21-33-53/h8-12,14-23,26-35,45-48,55-70,73-77,90,94H,13,24-25,36-44H2,1-7H3,(H,95,96,97)/t45-,46-,47+,48?,55?,56?,57?,58?,59?,60?,61-,62+,63+,64+,65?,66+,67-,68-,69?,70?,73+,74-,75-,76-,77+/m1/s1. The van der Waals surface area contributed by atoms with Crippen LogP contribution >= 0.6 is 0 Å². The third kappa shape index (κ3) is 25.0. The van der Waals surface area contributed by atoms with Crippen molar-refractivity contribution in [2.45, 2.75) is 215 Å². The number of benzene rings is 5. The fourth-order valence-corrected chi connectivity index (χ4v) is 14.9. The van der Waals surface area contributed by atoms with Crippen molar-refractivity contribution in [3.05, 3.63) is 211 Å². The molecule has 5 aliphatic rings. The number of ether oxygens (including phenoxy) is 17. The molecule has 5 aromatic carbocycles. The van der Waals surface area contributed by atoms with E-state index in [4.69, 9.17) is 89.6 Å². The van der Waals surface area contributed by atoms with Crippen molar-refractivity contribution < 1.29 is 137 Å². The third-order valence-corrected chi connectivity index (χ3v) is 21.1. The highest BCUT2D eigenvalue weighted by Gasteiger charge is 2.59. The van der Waals surface area contributed by atoms with Gasteiger partial charge in [-0.1, -0.05) is 181 Å². The van der Waals surface area contributed by atoms with Crippen molar-refractivity contribution in [1.29, 1.82) is 0 Å². The van der Waals surface area contributed by atoms with Gasteiger partial charge >= 0.3 is 34.4 Å². The molecule has 5 aliphatic heterocycles. The van der Waals surface area contributed by atoms with Gasteiger partial charge in [0, 0.05) is 54.4 Å². The molecule has 5 saturated heterocycles. The second-order valence-electron chi connectivity index (χ2n) is 28.6. The van der Waals surface area contributed by atoms with Crippen LogP contribution in [-0.4, -0.2) is 234 Å². The zero-order valence-corrected chi connectivity index (χ0v) is 66.5. The molecule has 10 rings (SSSR count). The minimum absolute atomic E-state index is 0.0524. The molecule has 5 aromatic rings. The maximum atomic E-state index is 14.4. The molecule has 0 aliphatic carbocycles. The van der Waals surface area contributed by atoms with Crippen LogP contribution in [0.3, 0.4) is 0 Å². The average Bonchev–Trinajstić information content (AvgIpc) is 0.762. The number of azide groups is 3. The predicted molar refractivity (Wildman–Crippen MR) is 406 cm³/mol. The minimum Gasteiger partial charge on any atom is -0.467 e. The Morgan fingerprint density at radius 3 is 1.53 bits per heavy atom. The molecule has 0 radical (unpaired) electrons. The largest absolute Gasteiger partial charge is 0.467 e. The highest BCUT2D eigenvalue weighted by atomic mass is 32.3. The molecule has 0 aromatic heterocycles. The Labute approximate surface area is 680 Å². The van der Waals surface area contributed by atoms with Gasteiger partial charge in [-0.15, -0.1) is 0 Å². The fraction of sp³-hybridized carbons (Fsp3) is 0.564. The molecule has 0 bridgehead atoms. The molecule has 39 nitrogen and oxygen atoms in total. The van der Waals surface area contributed by atoms with E-state index < -0.39 is 207 Å². The smallest absolute Gasteiger partial charge is 0.410 e. The van der Waals surface area contributed by atoms with Crippen LogP contribution in [0, 0.1) is 17.8 Å².